The first-order valence-electron chi connectivity index (χ1n) is 5.97. The highest BCUT2D eigenvalue weighted by atomic mass is 32.2. The maximum absolute atomic E-state index is 12.4. The second-order valence-corrected chi connectivity index (χ2v) is 6.31. The van der Waals surface area contributed by atoms with Crippen molar-refractivity contribution in [2.75, 3.05) is 0 Å². The van der Waals surface area contributed by atoms with Crippen LogP contribution in [0.1, 0.15) is 29.6 Å². The van der Waals surface area contributed by atoms with Gasteiger partial charge < -0.3 is 0 Å². The van der Waals surface area contributed by atoms with E-state index < -0.39 is 15.9 Å². The Hall–Kier alpha value is -1.62. The molecule has 0 spiro atoms. The summed E-state index contributed by atoms with van der Waals surface area (Å²) in [6.07, 6.45) is 6.34. The van der Waals surface area contributed by atoms with Gasteiger partial charge >= 0.3 is 0 Å². The Bertz CT molecular complexity index is 633. The van der Waals surface area contributed by atoms with Crippen molar-refractivity contribution in [1.29, 1.82) is 0 Å². The molecule has 4 nitrogen and oxygen atoms in total. The number of carbonyl (C=O) groups excluding carboxylic acids is 1. The number of sulfonamides is 1. The average molecular weight is 263 g/mol. The number of rotatable bonds is 1. The molecule has 1 aliphatic heterocycles. The smallest absolute Gasteiger partial charge is 0.268 e. The fraction of sp³-hybridized carbons (Fsp3) is 0.308. The maximum atomic E-state index is 12.4. The molecule has 1 heterocycles. The first kappa shape index (κ1) is 11.5. The van der Waals surface area contributed by atoms with Crippen LogP contribution in [0.15, 0.2) is 41.3 Å². The lowest BCUT2D eigenvalue weighted by Gasteiger charge is -2.25. The van der Waals surface area contributed by atoms with Crippen LogP contribution in [0.2, 0.25) is 0 Å². The van der Waals surface area contributed by atoms with Crippen LogP contribution in [-0.4, -0.2) is 24.7 Å². The zero-order valence-electron chi connectivity index (χ0n) is 9.74. The number of fused-ring (bicyclic) bond motifs is 1. The van der Waals surface area contributed by atoms with Gasteiger partial charge in [-0.05, 0) is 31.4 Å². The normalized spacial score (nSPS) is 25.2. The van der Waals surface area contributed by atoms with Gasteiger partial charge in [-0.3, -0.25) is 4.79 Å². The van der Waals surface area contributed by atoms with Gasteiger partial charge in [0.15, 0.2) is 0 Å². The molecule has 0 bridgehead atoms. The number of benzene rings is 1. The minimum absolute atomic E-state index is 0.133. The van der Waals surface area contributed by atoms with E-state index in [1.165, 1.54) is 6.07 Å². The molecule has 1 atom stereocenters. The average Bonchev–Trinajstić information content (AvgIpc) is 2.59. The number of allylic oxidation sites excluding steroid dienone is 1. The zero-order chi connectivity index (χ0) is 12.8. The molecular weight excluding hydrogens is 250 g/mol. The molecule has 1 aromatic carbocycles. The second-order valence-electron chi connectivity index (χ2n) is 4.53. The van der Waals surface area contributed by atoms with Crippen molar-refractivity contribution in [2.45, 2.75) is 30.2 Å². The van der Waals surface area contributed by atoms with E-state index in [4.69, 9.17) is 0 Å². The van der Waals surface area contributed by atoms with Crippen LogP contribution in [0.25, 0.3) is 0 Å². The highest BCUT2D eigenvalue weighted by molar-refractivity contribution is 7.90. The quantitative estimate of drug-likeness (QED) is 0.728. The molecule has 1 aliphatic carbocycles. The van der Waals surface area contributed by atoms with Crippen LogP contribution in [0, 0.1) is 0 Å². The lowest BCUT2D eigenvalue weighted by atomic mass is 10.0. The van der Waals surface area contributed by atoms with E-state index in [1.807, 2.05) is 12.2 Å². The first-order valence-corrected chi connectivity index (χ1v) is 7.41. The van der Waals surface area contributed by atoms with Crippen LogP contribution in [0.3, 0.4) is 0 Å². The van der Waals surface area contributed by atoms with Crippen molar-refractivity contribution in [1.82, 2.24) is 4.31 Å². The highest BCUT2D eigenvalue weighted by Gasteiger charge is 2.44. The summed E-state index contributed by atoms with van der Waals surface area (Å²) in [4.78, 5) is 12.4. The van der Waals surface area contributed by atoms with Gasteiger partial charge in [0.25, 0.3) is 15.9 Å². The number of nitrogens with zero attached hydrogens (tertiary/aromatic N) is 1. The highest BCUT2D eigenvalue weighted by Crippen LogP contribution is 2.34. The molecule has 0 unspecified atom stereocenters. The lowest BCUT2D eigenvalue weighted by molar-refractivity contribution is 0.0844. The Morgan fingerprint density at radius 2 is 2.00 bits per heavy atom. The largest absolute Gasteiger partial charge is 0.269 e. The molecule has 0 saturated carbocycles. The summed E-state index contributed by atoms with van der Waals surface area (Å²) in [5.41, 5.74) is 0.288. The molecule has 5 heteroatoms. The Balaban J connectivity index is 2.12. The lowest BCUT2D eigenvalue weighted by Crippen LogP contribution is -2.39. The maximum Gasteiger partial charge on any atom is 0.269 e. The van der Waals surface area contributed by atoms with Gasteiger partial charge in [-0.2, -0.15) is 0 Å². The molecule has 0 fully saturated rings. The molecule has 0 N–H and O–H groups in total. The molecular formula is C13H13NO3S. The fourth-order valence-corrected chi connectivity index (χ4v) is 4.27. The van der Waals surface area contributed by atoms with Gasteiger partial charge in [0.2, 0.25) is 0 Å². The summed E-state index contributed by atoms with van der Waals surface area (Å²) in [5, 5.41) is 0. The van der Waals surface area contributed by atoms with Crippen molar-refractivity contribution in [2.24, 2.45) is 0 Å². The van der Waals surface area contributed by atoms with E-state index in [0.29, 0.717) is 6.42 Å². The van der Waals surface area contributed by atoms with Gasteiger partial charge in [0.1, 0.15) is 4.90 Å². The van der Waals surface area contributed by atoms with Crippen molar-refractivity contribution in [3.63, 3.8) is 0 Å². The summed E-state index contributed by atoms with van der Waals surface area (Å²) >= 11 is 0. The minimum atomic E-state index is -3.66. The number of carbonyl (C=O) groups is 1. The number of amides is 1. The number of hydrogen-bond donors (Lipinski definition) is 0. The van der Waals surface area contributed by atoms with Crippen LogP contribution in [-0.2, 0) is 10.0 Å². The predicted molar refractivity (Wildman–Crippen MR) is 66.6 cm³/mol. The van der Waals surface area contributed by atoms with E-state index in [0.717, 1.165) is 17.1 Å². The van der Waals surface area contributed by atoms with E-state index in [-0.39, 0.29) is 16.5 Å². The summed E-state index contributed by atoms with van der Waals surface area (Å²) < 4.78 is 25.8. The van der Waals surface area contributed by atoms with Crippen LogP contribution >= 0.6 is 0 Å². The predicted octanol–water partition coefficient (Wildman–Crippen LogP) is 1.94. The van der Waals surface area contributed by atoms with Gasteiger partial charge in [0.05, 0.1) is 11.6 Å². The first-order chi connectivity index (χ1) is 8.62. The van der Waals surface area contributed by atoms with E-state index in [9.17, 15) is 13.2 Å². The summed E-state index contributed by atoms with van der Waals surface area (Å²) in [6.45, 7) is 0. The second kappa shape index (κ2) is 3.95. The Kier molecular flexibility index (Phi) is 2.52. The molecule has 0 saturated heterocycles. The molecule has 0 radical (unpaired) electrons. The Morgan fingerprint density at radius 3 is 2.67 bits per heavy atom. The third kappa shape index (κ3) is 1.50. The third-order valence-electron chi connectivity index (χ3n) is 3.38. The SMILES string of the molecule is O=C1c2ccccc2S(=O)(=O)N1[C@@H]1C=CCCC1. The van der Waals surface area contributed by atoms with Gasteiger partial charge in [0, 0.05) is 0 Å². The Labute approximate surface area is 106 Å². The third-order valence-corrected chi connectivity index (χ3v) is 5.25. The van der Waals surface area contributed by atoms with E-state index in [2.05, 4.69) is 0 Å². The van der Waals surface area contributed by atoms with E-state index >= 15 is 0 Å². The van der Waals surface area contributed by atoms with Crippen molar-refractivity contribution in [3.8, 4) is 0 Å². The topological polar surface area (TPSA) is 54.5 Å². The molecule has 3 rings (SSSR count). The molecule has 0 aromatic heterocycles. The molecule has 18 heavy (non-hydrogen) atoms. The number of hydrogen-bond acceptors (Lipinski definition) is 3. The molecule has 94 valence electrons. The monoisotopic (exact) mass is 263 g/mol. The fourth-order valence-electron chi connectivity index (χ4n) is 2.52. The summed E-state index contributed by atoms with van der Waals surface area (Å²) in [6, 6.07) is 6.07. The summed E-state index contributed by atoms with van der Waals surface area (Å²) in [7, 11) is -3.66. The van der Waals surface area contributed by atoms with E-state index in [1.54, 1.807) is 18.2 Å². The van der Waals surface area contributed by atoms with Gasteiger partial charge in [-0.25, -0.2) is 12.7 Å². The molecule has 1 aromatic rings. The van der Waals surface area contributed by atoms with Gasteiger partial charge in [-0.1, -0.05) is 24.3 Å². The standard InChI is InChI=1S/C13H13NO3S/c15-13-11-8-4-5-9-12(11)18(16,17)14(13)10-6-2-1-3-7-10/h2,4-6,8-10H,1,3,7H2/t10-/m1/s1. The summed E-state index contributed by atoms with van der Waals surface area (Å²) in [5.74, 6) is -0.401. The zero-order valence-corrected chi connectivity index (χ0v) is 10.6. The van der Waals surface area contributed by atoms with Crippen molar-refractivity contribution in [3.05, 3.63) is 42.0 Å². The van der Waals surface area contributed by atoms with Crippen molar-refractivity contribution >= 4 is 15.9 Å². The van der Waals surface area contributed by atoms with Gasteiger partial charge in [-0.15, -0.1) is 0 Å². The van der Waals surface area contributed by atoms with Crippen LogP contribution in [0.4, 0.5) is 0 Å². The molecule has 1 amide bonds. The van der Waals surface area contributed by atoms with Crippen molar-refractivity contribution < 1.29 is 13.2 Å². The Morgan fingerprint density at radius 1 is 1.22 bits per heavy atom. The minimum Gasteiger partial charge on any atom is -0.268 e. The molecule has 2 aliphatic rings. The van der Waals surface area contributed by atoms with Crippen LogP contribution < -0.4 is 0 Å². The van der Waals surface area contributed by atoms with Crippen LogP contribution in [0.5, 0.6) is 0 Å².